The fourth-order valence-electron chi connectivity index (χ4n) is 9.95. The van der Waals surface area contributed by atoms with Gasteiger partial charge in [0.2, 0.25) is 0 Å². The molecule has 3 aliphatic rings. The van der Waals surface area contributed by atoms with Crippen molar-refractivity contribution >= 4 is 23.4 Å². The van der Waals surface area contributed by atoms with E-state index in [0.717, 1.165) is 0 Å². The minimum atomic E-state index is -2.29. The molecule has 1 aromatic rings. The van der Waals surface area contributed by atoms with Gasteiger partial charge in [-0.3, -0.25) is 14.4 Å². The molecule has 20 heteroatoms. The van der Waals surface area contributed by atoms with Gasteiger partial charge in [0.1, 0.15) is 18.1 Å². The summed E-state index contributed by atoms with van der Waals surface area (Å²) >= 11 is 0. The Hall–Kier alpha value is -4.75. The van der Waals surface area contributed by atoms with E-state index in [0.29, 0.717) is 17.7 Å². The zero-order chi connectivity index (χ0) is 57.5. The summed E-state index contributed by atoms with van der Waals surface area (Å²) in [6, 6.07) is 5.30. The topological polar surface area (TPSA) is 363 Å². The third-order valence-electron chi connectivity index (χ3n) is 14.3. The summed E-state index contributed by atoms with van der Waals surface area (Å²) in [5.41, 5.74) is 12.7. The number of nitrogens with two attached hydrogens (primary N) is 2. The van der Waals surface area contributed by atoms with Crippen molar-refractivity contribution in [3.63, 3.8) is 0 Å². The van der Waals surface area contributed by atoms with Crippen LogP contribution in [0.25, 0.3) is 0 Å². The van der Waals surface area contributed by atoms with E-state index in [1.165, 1.54) is 13.0 Å². The first-order valence-electron chi connectivity index (χ1n) is 27.0. The van der Waals surface area contributed by atoms with Crippen LogP contribution in [0, 0.1) is 17.8 Å². The largest absolute Gasteiger partial charge is 0.481 e. The third-order valence-corrected chi connectivity index (χ3v) is 14.3. The SMILES string of the molecule is CC1C=CC=CC=CC=CC=CC=CC=CC(OC2O[C@H](C)[C@@H](O)[C@H](N)[C@@H]2O)CC2OC(O)(CC(O)CC(O)CC(O)CCCC(O)CC(O)CC(=O)OC1C(C)CCC(O)CC(=O)c1ccc(N)cc1)CC(O)C2C(=O)O. The van der Waals surface area contributed by atoms with E-state index in [2.05, 4.69) is 0 Å². The molecule has 2 bridgehead atoms. The number of ether oxygens (including phenoxy) is 4. The molecule has 0 aliphatic carbocycles. The average Bonchev–Trinajstić information content (AvgIpc) is 3.37. The lowest BCUT2D eigenvalue weighted by Gasteiger charge is -2.45. The van der Waals surface area contributed by atoms with Crippen molar-refractivity contribution in [1.29, 1.82) is 0 Å². The molecule has 0 spiro atoms. The smallest absolute Gasteiger partial charge is 0.311 e. The number of carboxylic acids is 1. The van der Waals surface area contributed by atoms with Crippen LogP contribution in [0.3, 0.4) is 0 Å². The molecule has 2 saturated heterocycles. The second-order valence-electron chi connectivity index (χ2n) is 21.2. The van der Waals surface area contributed by atoms with Gasteiger partial charge in [0.25, 0.3) is 0 Å². The van der Waals surface area contributed by atoms with Crippen molar-refractivity contribution in [2.45, 2.75) is 202 Å². The molecule has 2 fully saturated rings. The summed E-state index contributed by atoms with van der Waals surface area (Å²) < 4.78 is 23.8. The number of hydrogen-bond donors (Lipinski definition) is 13. The van der Waals surface area contributed by atoms with E-state index < -0.39 is 135 Å². The summed E-state index contributed by atoms with van der Waals surface area (Å²) in [7, 11) is 0. The van der Waals surface area contributed by atoms with E-state index in [1.807, 2.05) is 19.9 Å². The van der Waals surface area contributed by atoms with Gasteiger partial charge in [0, 0.05) is 42.9 Å². The van der Waals surface area contributed by atoms with Crippen LogP contribution >= 0.6 is 0 Å². The maximum atomic E-state index is 13.3. The van der Waals surface area contributed by atoms with E-state index in [1.54, 1.807) is 97.2 Å². The summed E-state index contributed by atoms with van der Waals surface area (Å²) in [4.78, 5) is 38.6. The molecule has 4 rings (SSSR count). The number of allylic oxidation sites excluding steroid dienone is 12. The molecule has 3 aliphatic heterocycles. The zero-order valence-electron chi connectivity index (χ0n) is 44.9. The fourth-order valence-corrected chi connectivity index (χ4v) is 9.95. The Morgan fingerprint density at radius 1 is 0.731 bits per heavy atom. The number of carbonyl (C=O) groups is 3. The number of carboxylic acid groups (broad SMARTS) is 1. The highest BCUT2D eigenvalue weighted by atomic mass is 16.7. The van der Waals surface area contributed by atoms with E-state index in [9.17, 15) is 70.6 Å². The number of aliphatic hydroxyl groups is 10. The van der Waals surface area contributed by atoms with Gasteiger partial charge in [-0.15, -0.1) is 0 Å². The molecule has 1 aromatic carbocycles. The van der Waals surface area contributed by atoms with Gasteiger partial charge >= 0.3 is 11.9 Å². The Balaban J connectivity index is 1.52. The van der Waals surface area contributed by atoms with Crippen LogP contribution in [0.4, 0.5) is 5.69 Å². The van der Waals surface area contributed by atoms with Crippen LogP contribution in [0.1, 0.15) is 115 Å². The van der Waals surface area contributed by atoms with Crippen LogP contribution < -0.4 is 11.5 Å². The maximum Gasteiger partial charge on any atom is 0.311 e. The van der Waals surface area contributed by atoms with Crippen LogP contribution in [0.15, 0.2) is 109 Å². The highest BCUT2D eigenvalue weighted by molar-refractivity contribution is 5.96. The summed E-state index contributed by atoms with van der Waals surface area (Å²) in [6.45, 7) is 5.29. The summed E-state index contributed by atoms with van der Waals surface area (Å²) in [5, 5.41) is 119. The van der Waals surface area contributed by atoms with Crippen molar-refractivity contribution in [3.8, 4) is 0 Å². The molecule has 15 unspecified atom stereocenters. The molecule has 78 heavy (non-hydrogen) atoms. The number of ketones is 1. The number of hydrogen-bond acceptors (Lipinski definition) is 19. The molecule has 436 valence electrons. The quantitative estimate of drug-likeness (QED) is 0.0909. The highest BCUT2D eigenvalue weighted by Crippen LogP contribution is 2.38. The number of fused-ring (bicyclic) bond motifs is 2. The van der Waals surface area contributed by atoms with Crippen molar-refractivity contribution < 1.29 is 89.5 Å². The summed E-state index contributed by atoms with van der Waals surface area (Å²) in [6.07, 6.45) is 5.92. The van der Waals surface area contributed by atoms with Crippen LogP contribution in [0.2, 0.25) is 0 Å². The Labute approximate surface area is 457 Å². The number of carbonyl (C=O) groups excluding carboxylic acids is 2. The van der Waals surface area contributed by atoms with Gasteiger partial charge in [-0.05, 0) is 88.5 Å². The van der Waals surface area contributed by atoms with Crippen LogP contribution in [0.5, 0.6) is 0 Å². The van der Waals surface area contributed by atoms with E-state index in [-0.39, 0.29) is 75.4 Å². The molecule has 20 nitrogen and oxygen atoms in total. The number of aliphatic hydroxyl groups excluding tert-OH is 9. The van der Waals surface area contributed by atoms with Gasteiger partial charge in [0.15, 0.2) is 17.9 Å². The lowest BCUT2D eigenvalue weighted by atomic mass is 9.82. The first-order chi connectivity index (χ1) is 36.9. The average molecular weight is 1100 g/mol. The molecule has 0 radical (unpaired) electrons. The zero-order valence-corrected chi connectivity index (χ0v) is 44.9. The van der Waals surface area contributed by atoms with Crippen molar-refractivity contribution in [2.24, 2.45) is 23.5 Å². The Bertz CT molecular complexity index is 2200. The van der Waals surface area contributed by atoms with Crippen molar-refractivity contribution in [3.05, 3.63) is 115 Å². The second-order valence-corrected chi connectivity index (χ2v) is 21.2. The van der Waals surface area contributed by atoms with Gasteiger partial charge in [-0.1, -0.05) is 98.9 Å². The molecule has 15 N–H and O–H groups in total. The Kier molecular flexibility index (Phi) is 27.9. The minimum Gasteiger partial charge on any atom is -0.481 e. The summed E-state index contributed by atoms with van der Waals surface area (Å²) in [5.74, 6) is -6.83. The molecule has 0 saturated carbocycles. The van der Waals surface area contributed by atoms with Crippen molar-refractivity contribution in [1.82, 2.24) is 0 Å². The molecule has 0 aromatic heterocycles. The normalized spacial score (nSPS) is 35.8. The molecule has 3 heterocycles. The van der Waals surface area contributed by atoms with Crippen LogP contribution in [-0.2, 0) is 28.5 Å². The number of nitrogen functional groups attached to an aromatic ring is 1. The van der Waals surface area contributed by atoms with E-state index >= 15 is 0 Å². The number of Topliss-reactive ketones (excluding diaryl/α,β-unsaturated/α-hetero) is 1. The highest BCUT2D eigenvalue weighted by Gasteiger charge is 2.51. The first-order valence-corrected chi connectivity index (χ1v) is 27.0. The standard InChI is InChI=1S/C58H86N2O18/c1-35-17-14-12-10-8-6-4-5-7-9-11-13-15-20-46(76-57-54(71)52(60)53(70)37(3)75-57)32-49-51(56(72)73)48(68)34-58(74,78-49)33-45(66)29-43(64)27-40(61)18-16-19-41(62)28-44(65)31-50(69)77-55(35)36(2)21-26-42(63)30-47(67)38-22-24-39(59)25-23-38/h4-15,17,20,22-25,35-37,40-46,48-49,51-55,57,61-66,68,70-71,74H,16,18-19,21,26-34,59-60H2,1-3H3,(H,72,73)/t35?,36?,37-,40?,41?,42?,43?,44?,45?,46?,48?,49?,51?,52+,53-,54+,55?,57?,58?/m1/s1. The van der Waals surface area contributed by atoms with Gasteiger partial charge in [0.05, 0.1) is 79.6 Å². The van der Waals surface area contributed by atoms with E-state index in [4.69, 9.17) is 30.4 Å². The maximum absolute atomic E-state index is 13.3. The number of esters is 1. The number of cyclic esters (lactones) is 1. The second kappa shape index (κ2) is 33.1. The third kappa shape index (κ3) is 22.8. The predicted molar refractivity (Wildman–Crippen MR) is 290 cm³/mol. The number of rotatable bonds is 10. The predicted octanol–water partition coefficient (Wildman–Crippen LogP) is 3.11. The van der Waals surface area contributed by atoms with Gasteiger partial charge in [-0.25, -0.2) is 0 Å². The number of aliphatic carboxylic acids is 1. The fraction of sp³-hybridized carbons (Fsp3) is 0.603. The first kappa shape index (κ1) is 65.8. The number of anilines is 1. The lowest BCUT2D eigenvalue weighted by Crippen LogP contribution is -2.61. The van der Waals surface area contributed by atoms with Crippen molar-refractivity contribution in [2.75, 3.05) is 5.73 Å². The molecular formula is C58H86N2O18. The number of benzene rings is 1. The molecule has 19 atom stereocenters. The minimum absolute atomic E-state index is 0.101. The molecular weight excluding hydrogens is 1010 g/mol. The lowest BCUT2D eigenvalue weighted by molar-refractivity contribution is -0.308. The Morgan fingerprint density at radius 2 is 1.28 bits per heavy atom. The molecule has 0 amide bonds. The van der Waals surface area contributed by atoms with Gasteiger partial charge < -0.3 is 86.6 Å². The van der Waals surface area contributed by atoms with Crippen LogP contribution in [-0.4, -0.2) is 171 Å². The Morgan fingerprint density at radius 3 is 1.87 bits per heavy atom. The monoisotopic (exact) mass is 1100 g/mol. The van der Waals surface area contributed by atoms with Gasteiger partial charge in [-0.2, -0.15) is 0 Å².